The molecule has 1 unspecified atom stereocenters. The van der Waals surface area contributed by atoms with Crippen LogP contribution in [0.25, 0.3) is 0 Å². The first-order chi connectivity index (χ1) is 10.5. The zero-order valence-electron chi connectivity index (χ0n) is 15.2. The Morgan fingerprint density at radius 1 is 1.35 bits per heavy atom. The van der Waals surface area contributed by atoms with E-state index in [-0.39, 0.29) is 18.1 Å². The van der Waals surface area contributed by atoms with Gasteiger partial charge in [-0.2, -0.15) is 0 Å². The standard InChI is InChI=1S/C16H32O5S2/c1-13(2)15(18)20-12-14(17)11-19-9-8-10-23(6,7)16(3,4)21-22-5/h14,17H,1,8-12H2,2-7H3. The average molecular weight is 369 g/mol. The molecule has 0 saturated carbocycles. The van der Waals surface area contributed by atoms with Gasteiger partial charge in [0.1, 0.15) is 17.6 Å². The maximum Gasteiger partial charge on any atom is 0.333 e. The molecule has 1 N–H and O–H groups in total. The van der Waals surface area contributed by atoms with E-state index in [1.165, 1.54) is 12.0 Å². The third-order valence-corrected chi connectivity index (χ3v) is 8.37. The van der Waals surface area contributed by atoms with Gasteiger partial charge in [0.15, 0.2) is 0 Å². The smallest absolute Gasteiger partial charge is 0.333 e. The van der Waals surface area contributed by atoms with E-state index in [1.54, 1.807) is 6.92 Å². The minimum Gasteiger partial charge on any atom is -0.460 e. The molecule has 0 aromatic rings. The van der Waals surface area contributed by atoms with Gasteiger partial charge in [-0.1, -0.05) is 6.58 Å². The number of esters is 1. The van der Waals surface area contributed by atoms with Crippen LogP contribution < -0.4 is 0 Å². The number of ether oxygens (including phenoxy) is 2. The molecule has 0 radical (unpaired) electrons. The lowest BCUT2D eigenvalue weighted by Gasteiger charge is -2.45. The van der Waals surface area contributed by atoms with Crippen LogP contribution in [-0.2, 0) is 18.5 Å². The summed E-state index contributed by atoms with van der Waals surface area (Å²) in [6.07, 6.45) is 6.55. The van der Waals surface area contributed by atoms with Crippen LogP contribution in [0.15, 0.2) is 12.2 Å². The van der Waals surface area contributed by atoms with Gasteiger partial charge >= 0.3 is 5.97 Å². The Morgan fingerprint density at radius 3 is 2.48 bits per heavy atom. The van der Waals surface area contributed by atoms with Crippen molar-refractivity contribution in [1.82, 2.24) is 0 Å². The van der Waals surface area contributed by atoms with Gasteiger partial charge < -0.3 is 18.8 Å². The summed E-state index contributed by atoms with van der Waals surface area (Å²) in [7, 11) is -0.918. The van der Waals surface area contributed by atoms with Crippen LogP contribution in [0.5, 0.6) is 0 Å². The van der Waals surface area contributed by atoms with Crippen molar-refractivity contribution in [3.63, 3.8) is 0 Å². The molecule has 5 nitrogen and oxygen atoms in total. The molecule has 0 saturated heterocycles. The predicted octanol–water partition coefficient (Wildman–Crippen LogP) is 2.97. The molecule has 0 aliphatic carbocycles. The maximum atomic E-state index is 11.2. The summed E-state index contributed by atoms with van der Waals surface area (Å²) in [5.41, 5.74) is 0.318. The Morgan fingerprint density at radius 2 is 1.96 bits per heavy atom. The molecule has 23 heavy (non-hydrogen) atoms. The number of carbonyl (C=O) groups excluding carboxylic acids is 1. The minimum absolute atomic E-state index is 0.0724. The van der Waals surface area contributed by atoms with Crippen molar-refractivity contribution in [2.24, 2.45) is 0 Å². The van der Waals surface area contributed by atoms with E-state index in [1.807, 2.05) is 6.26 Å². The molecule has 0 heterocycles. The molecular weight excluding hydrogens is 336 g/mol. The molecular formula is C16H32O5S2. The van der Waals surface area contributed by atoms with Crippen LogP contribution in [0.3, 0.4) is 0 Å². The third kappa shape index (κ3) is 9.00. The second-order valence-corrected chi connectivity index (χ2v) is 11.3. The number of hydrogen-bond acceptors (Lipinski definition) is 6. The SMILES string of the molecule is C=C(C)C(=O)OCC(O)COCCCS(C)(C)C(C)(C)OSC. The van der Waals surface area contributed by atoms with Crippen LogP contribution in [0.2, 0.25) is 0 Å². The largest absolute Gasteiger partial charge is 0.460 e. The van der Waals surface area contributed by atoms with Crippen LogP contribution in [0.1, 0.15) is 27.2 Å². The molecule has 0 bridgehead atoms. The second kappa shape index (κ2) is 10.6. The van der Waals surface area contributed by atoms with Gasteiger partial charge in [-0.3, -0.25) is 0 Å². The molecule has 0 aliphatic heterocycles. The normalized spacial score (nSPS) is 14.4. The fraction of sp³-hybridized carbons (Fsp3) is 0.812. The van der Waals surface area contributed by atoms with E-state index in [2.05, 4.69) is 32.9 Å². The summed E-state index contributed by atoms with van der Waals surface area (Å²) in [5.74, 6) is 0.534. The maximum absolute atomic E-state index is 11.2. The Labute approximate surface area is 146 Å². The van der Waals surface area contributed by atoms with Gasteiger partial charge in [0.25, 0.3) is 0 Å². The monoisotopic (exact) mass is 368 g/mol. The molecule has 0 fully saturated rings. The van der Waals surface area contributed by atoms with Crippen molar-refractivity contribution in [2.45, 2.75) is 38.2 Å². The Bertz CT molecular complexity index is 383. The van der Waals surface area contributed by atoms with E-state index in [4.69, 9.17) is 13.7 Å². The van der Waals surface area contributed by atoms with E-state index in [9.17, 15) is 9.90 Å². The number of hydrogen-bond donors (Lipinski definition) is 1. The van der Waals surface area contributed by atoms with Gasteiger partial charge in [0.2, 0.25) is 0 Å². The fourth-order valence-electron chi connectivity index (χ4n) is 1.62. The Hall–Kier alpha value is -0.210. The van der Waals surface area contributed by atoms with Crippen molar-refractivity contribution < 1.29 is 23.6 Å². The van der Waals surface area contributed by atoms with E-state index >= 15 is 0 Å². The van der Waals surface area contributed by atoms with Crippen LogP contribution in [0.4, 0.5) is 0 Å². The third-order valence-electron chi connectivity index (χ3n) is 3.62. The summed E-state index contributed by atoms with van der Waals surface area (Å²) >= 11 is 1.40. The van der Waals surface area contributed by atoms with Crippen molar-refractivity contribution in [1.29, 1.82) is 0 Å². The minimum atomic E-state index is -0.918. The summed E-state index contributed by atoms with van der Waals surface area (Å²) in [5, 5.41) is 9.69. The van der Waals surface area contributed by atoms with E-state index in [0.717, 1.165) is 12.2 Å². The topological polar surface area (TPSA) is 65.0 Å². The zero-order valence-corrected chi connectivity index (χ0v) is 16.8. The average Bonchev–Trinajstić information content (AvgIpc) is 2.43. The molecule has 0 amide bonds. The van der Waals surface area contributed by atoms with Crippen molar-refractivity contribution in [3.8, 4) is 0 Å². The molecule has 0 spiro atoms. The van der Waals surface area contributed by atoms with E-state index in [0.29, 0.717) is 12.2 Å². The van der Waals surface area contributed by atoms with Crippen molar-refractivity contribution >= 4 is 28.0 Å². The predicted molar refractivity (Wildman–Crippen MR) is 100 cm³/mol. The molecule has 0 aromatic carbocycles. The molecule has 1 atom stereocenters. The lowest BCUT2D eigenvalue weighted by molar-refractivity contribution is -0.143. The van der Waals surface area contributed by atoms with Crippen molar-refractivity contribution in [3.05, 3.63) is 12.2 Å². The lowest BCUT2D eigenvalue weighted by atomic mass is 10.3. The Kier molecular flexibility index (Phi) is 10.5. The molecule has 0 rings (SSSR count). The van der Waals surface area contributed by atoms with Gasteiger partial charge in [0, 0.05) is 18.4 Å². The van der Waals surface area contributed by atoms with Crippen LogP contribution in [0, 0.1) is 0 Å². The first kappa shape index (κ1) is 22.8. The fourth-order valence-corrected chi connectivity index (χ4v) is 4.30. The van der Waals surface area contributed by atoms with E-state index < -0.39 is 22.1 Å². The van der Waals surface area contributed by atoms with Gasteiger partial charge in [-0.05, 0) is 57.5 Å². The first-order valence-electron chi connectivity index (χ1n) is 7.54. The number of carbonyl (C=O) groups is 1. The highest BCUT2D eigenvalue weighted by Gasteiger charge is 2.33. The van der Waals surface area contributed by atoms with Gasteiger partial charge in [-0.15, -0.1) is 0 Å². The van der Waals surface area contributed by atoms with Crippen LogP contribution in [-0.4, -0.2) is 66.5 Å². The molecule has 7 heteroatoms. The molecule has 138 valence electrons. The number of aliphatic hydroxyl groups is 1. The highest BCUT2D eigenvalue weighted by molar-refractivity contribution is 8.33. The van der Waals surface area contributed by atoms with Gasteiger partial charge in [0.05, 0.1) is 6.61 Å². The van der Waals surface area contributed by atoms with Crippen molar-refractivity contribution in [2.75, 3.05) is 44.3 Å². The zero-order chi connectivity index (χ0) is 18.1. The molecule has 0 aliphatic rings. The lowest BCUT2D eigenvalue weighted by Crippen LogP contribution is -2.31. The van der Waals surface area contributed by atoms with Gasteiger partial charge in [-0.25, -0.2) is 14.8 Å². The first-order valence-corrected chi connectivity index (χ1v) is 11.3. The second-order valence-electron chi connectivity index (χ2n) is 6.35. The quantitative estimate of drug-likeness (QED) is 0.247. The summed E-state index contributed by atoms with van der Waals surface area (Å²) in [6.45, 7) is 9.95. The summed E-state index contributed by atoms with van der Waals surface area (Å²) in [4.78, 5) is 11.0. The number of aliphatic hydroxyl groups excluding tert-OH is 1. The Balaban J connectivity index is 3.91. The highest BCUT2D eigenvalue weighted by Crippen LogP contribution is 2.55. The van der Waals surface area contributed by atoms with Crippen LogP contribution >= 0.6 is 22.1 Å². The highest BCUT2D eigenvalue weighted by atomic mass is 32.3. The molecule has 0 aromatic heterocycles. The summed E-state index contributed by atoms with van der Waals surface area (Å²) in [6, 6.07) is 0. The summed E-state index contributed by atoms with van der Waals surface area (Å²) < 4.78 is 16.1. The number of rotatable bonds is 12.